The molecule has 0 radical (unpaired) electrons. The topological polar surface area (TPSA) is 59.0 Å². The molecule has 0 saturated carbocycles. The number of hydrogen-bond donors (Lipinski definition) is 2. The summed E-state index contributed by atoms with van der Waals surface area (Å²) in [6.45, 7) is 13.6. The first-order chi connectivity index (χ1) is 11.1. The summed E-state index contributed by atoms with van der Waals surface area (Å²) in [5, 5.41) is 12.3. The lowest BCUT2D eigenvalue weighted by atomic mass is 9.99. The quantitative estimate of drug-likeness (QED) is 0.753. The van der Waals surface area contributed by atoms with Gasteiger partial charge in [0.2, 0.25) is 0 Å². The standard InChI is InChI=1S/C17H34N4O2/c1-3-19-7-9-20(10-8-19)12-15(2)11-18-17(23)21-6-4-5-16(13-21)14-22/h15-16,22H,3-14H2,1-2H3,(H,18,23)/t15-,16+/m0/s1. The van der Waals surface area contributed by atoms with Crippen LogP contribution in [-0.4, -0.2) is 91.3 Å². The minimum atomic E-state index is 0.0332. The van der Waals surface area contributed by atoms with Gasteiger partial charge in [0.1, 0.15) is 0 Å². The molecule has 0 aromatic rings. The highest BCUT2D eigenvalue weighted by Gasteiger charge is 2.23. The molecule has 0 aliphatic carbocycles. The van der Waals surface area contributed by atoms with E-state index < -0.39 is 0 Å². The number of nitrogens with one attached hydrogen (secondary N) is 1. The molecule has 134 valence electrons. The van der Waals surface area contributed by atoms with E-state index in [1.807, 2.05) is 4.90 Å². The van der Waals surface area contributed by atoms with Gasteiger partial charge in [-0.25, -0.2) is 4.79 Å². The number of carbonyl (C=O) groups is 1. The minimum Gasteiger partial charge on any atom is -0.396 e. The Hall–Kier alpha value is -0.850. The zero-order chi connectivity index (χ0) is 16.7. The number of rotatable bonds is 6. The molecule has 0 unspecified atom stereocenters. The van der Waals surface area contributed by atoms with Crippen molar-refractivity contribution in [2.75, 3.05) is 65.5 Å². The van der Waals surface area contributed by atoms with Crippen LogP contribution in [0, 0.1) is 11.8 Å². The number of carbonyl (C=O) groups excluding carboxylic acids is 1. The van der Waals surface area contributed by atoms with Gasteiger partial charge in [0, 0.05) is 59.0 Å². The second-order valence-corrected chi connectivity index (χ2v) is 7.16. The number of urea groups is 1. The smallest absolute Gasteiger partial charge is 0.317 e. The van der Waals surface area contributed by atoms with Crippen molar-refractivity contribution in [1.29, 1.82) is 0 Å². The summed E-state index contributed by atoms with van der Waals surface area (Å²) in [5.74, 6) is 0.715. The summed E-state index contributed by atoms with van der Waals surface area (Å²) >= 11 is 0. The Bertz CT molecular complexity index is 359. The highest BCUT2D eigenvalue weighted by Crippen LogP contribution is 2.15. The van der Waals surface area contributed by atoms with Crippen LogP contribution in [0.2, 0.25) is 0 Å². The van der Waals surface area contributed by atoms with E-state index in [9.17, 15) is 9.90 Å². The first kappa shape index (κ1) is 18.5. The maximum Gasteiger partial charge on any atom is 0.317 e. The predicted octanol–water partition coefficient (Wildman–Crippen LogP) is 0.674. The summed E-state index contributed by atoms with van der Waals surface area (Å²) in [6.07, 6.45) is 2.02. The SMILES string of the molecule is CCN1CCN(C[C@@H](C)CNC(=O)N2CCC[C@@H](CO)C2)CC1. The summed E-state index contributed by atoms with van der Waals surface area (Å²) in [6, 6.07) is 0.0332. The Labute approximate surface area is 140 Å². The largest absolute Gasteiger partial charge is 0.396 e. The van der Waals surface area contributed by atoms with Gasteiger partial charge in [-0.1, -0.05) is 13.8 Å². The molecule has 0 bridgehead atoms. The number of aliphatic hydroxyl groups is 1. The van der Waals surface area contributed by atoms with Crippen molar-refractivity contribution in [3.8, 4) is 0 Å². The number of likely N-dealkylation sites (tertiary alicyclic amines) is 1. The Morgan fingerprint density at radius 1 is 1.22 bits per heavy atom. The third kappa shape index (κ3) is 5.94. The van der Waals surface area contributed by atoms with E-state index in [1.54, 1.807) is 0 Å². The average molecular weight is 326 g/mol. The van der Waals surface area contributed by atoms with E-state index in [0.29, 0.717) is 12.5 Å². The van der Waals surface area contributed by atoms with E-state index in [0.717, 1.165) is 65.2 Å². The lowest BCUT2D eigenvalue weighted by Gasteiger charge is -2.35. The Morgan fingerprint density at radius 3 is 2.57 bits per heavy atom. The first-order valence-electron chi connectivity index (χ1n) is 9.20. The van der Waals surface area contributed by atoms with Crippen LogP contribution in [0.5, 0.6) is 0 Å². The number of piperidine rings is 1. The molecule has 2 heterocycles. The monoisotopic (exact) mass is 326 g/mol. The van der Waals surface area contributed by atoms with Crippen molar-refractivity contribution in [3.63, 3.8) is 0 Å². The summed E-state index contributed by atoms with van der Waals surface area (Å²) in [4.78, 5) is 19.1. The van der Waals surface area contributed by atoms with E-state index in [4.69, 9.17) is 0 Å². The highest BCUT2D eigenvalue weighted by atomic mass is 16.3. The summed E-state index contributed by atoms with van der Waals surface area (Å²) in [5.41, 5.74) is 0. The molecule has 6 heteroatoms. The van der Waals surface area contributed by atoms with Crippen LogP contribution >= 0.6 is 0 Å². The Kier molecular flexibility index (Phi) is 7.59. The summed E-state index contributed by atoms with van der Waals surface area (Å²) in [7, 11) is 0. The zero-order valence-corrected chi connectivity index (χ0v) is 14.8. The molecule has 2 saturated heterocycles. The number of hydrogen-bond acceptors (Lipinski definition) is 4. The van der Waals surface area contributed by atoms with Crippen LogP contribution in [0.3, 0.4) is 0 Å². The predicted molar refractivity (Wildman–Crippen MR) is 92.5 cm³/mol. The Morgan fingerprint density at radius 2 is 1.91 bits per heavy atom. The molecular weight excluding hydrogens is 292 g/mol. The van der Waals surface area contributed by atoms with Gasteiger partial charge in [-0.15, -0.1) is 0 Å². The normalized spacial score (nSPS) is 25.3. The fourth-order valence-corrected chi connectivity index (χ4v) is 3.57. The molecule has 2 amide bonds. The van der Waals surface area contributed by atoms with Crippen LogP contribution in [-0.2, 0) is 0 Å². The lowest BCUT2D eigenvalue weighted by molar-refractivity contribution is 0.119. The molecule has 2 aliphatic rings. The number of amides is 2. The van der Waals surface area contributed by atoms with Crippen LogP contribution < -0.4 is 5.32 Å². The van der Waals surface area contributed by atoms with Crippen LogP contribution in [0.25, 0.3) is 0 Å². The van der Waals surface area contributed by atoms with E-state index in [-0.39, 0.29) is 18.6 Å². The number of likely N-dealkylation sites (N-methyl/N-ethyl adjacent to an activating group) is 1. The van der Waals surface area contributed by atoms with E-state index in [1.165, 1.54) is 0 Å². The van der Waals surface area contributed by atoms with Gasteiger partial charge in [0.15, 0.2) is 0 Å². The van der Waals surface area contributed by atoms with Crippen LogP contribution in [0.1, 0.15) is 26.7 Å². The van der Waals surface area contributed by atoms with E-state index in [2.05, 4.69) is 29.0 Å². The van der Waals surface area contributed by atoms with Gasteiger partial charge in [-0.2, -0.15) is 0 Å². The maximum atomic E-state index is 12.3. The van der Waals surface area contributed by atoms with Gasteiger partial charge in [-0.3, -0.25) is 0 Å². The third-order valence-corrected chi connectivity index (χ3v) is 5.15. The lowest BCUT2D eigenvalue weighted by Crippen LogP contribution is -2.49. The van der Waals surface area contributed by atoms with Crippen molar-refractivity contribution in [3.05, 3.63) is 0 Å². The summed E-state index contributed by atoms with van der Waals surface area (Å²) < 4.78 is 0. The van der Waals surface area contributed by atoms with Crippen molar-refractivity contribution in [2.45, 2.75) is 26.7 Å². The van der Waals surface area contributed by atoms with Crippen LogP contribution in [0.15, 0.2) is 0 Å². The van der Waals surface area contributed by atoms with Gasteiger partial charge >= 0.3 is 6.03 Å². The van der Waals surface area contributed by atoms with Gasteiger partial charge in [0.25, 0.3) is 0 Å². The van der Waals surface area contributed by atoms with E-state index >= 15 is 0 Å². The molecule has 0 aromatic carbocycles. The molecular formula is C17H34N4O2. The maximum absolute atomic E-state index is 12.3. The fraction of sp³-hybridized carbons (Fsp3) is 0.941. The number of piperazine rings is 1. The first-order valence-corrected chi connectivity index (χ1v) is 9.20. The molecule has 2 fully saturated rings. The minimum absolute atomic E-state index is 0.0332. The van der Waals surface area contributed by atoms with Crippen molar-refractivity contribution in [2.24, 2.45) is 11.8 Å². The molecule has 2 aliphatic heterocycles. The van der Waals surface area contributed by atoms with Crippen LogP contribution in [0.4, 0.5) is 4.79 Å². The fourth-order valence-electron chi connectivity index (χ4n) is 3.57. The van der Waals surface area contributed by atoms with Crippen molar-refractivity contribution in [1.82, 2.24) is 20.0 Å². The Balaban J connectivity index is 1.64. The number of nitrogens with zero attached hydrogens (tertiary/aromatic N) is 3. The highest BCUT2D eigenvalue weighted by molar-refractivity contribution is 5.74. The van der Waals surface area contributed by atoms with Crippen molar-refractivity contribution >= 4 is 6.03 Å². The zero-order valence-electron chi connectivity index (χ0n) is 14.8. The molecule has 23 heavy (non-hydrogen) atoms. The molecule has 2 rings (SSSR count). The molecule has 2 N–H and O–H groups in total. The second kappa shape index (κ2) is 9.45. The number of aliphatic hydroxyl groups excluding tert-OH is 1. The van der Waals surface area contributed by atoms with Gasteiger partial charge in [0.05, 0.1) is 0 Å². The second-order valence-electron chi connectivity index (χ2n) is 7.16. The molecule has 6 nitrogen and oxygen atoms in total. The van der Waals surface area contributed by atoms with Crippen molar-refractivity contribution < 1.29 is 9.90 Å². The van der Waals surface area contributed by atoms with Gasteiger partial charge in [-0.05, 0) is 31.2 Å². The molecule has 0 aromatic heterocycles. The molecule has 0 spiro atoms. The average Bonchev–Trinajstić information content (AvgIpc) is 2.60. The van der Waals surface area contributed by atoms with Gasteiger partial charge < -0.3 is 25.1 Å². The third-order valence-electron chi connectivity index (χ3n) is 5.15. The molecule has 2 atom stereocenters.